The van der Waals surface area contributed by atoms with Crippen LogP contribution in [0, 0.1) is 5.21 Å². The van der Waals surface area contributed by atoms with Gasteiger partial charge in [-0.1, -0.05) is 0 Å². The maximum atomic E-state index is 11.6. The van der Waals surface area contributed by atoms with Gasteiger partial charge in [-0.05, 0) is 13.0 Å². The van der Waals surface area contributed by atoms with Gasteiger partial charge in [0.15, 0.2) is 11.8 Å². The molecule has 0 aromatic carbocycles. The lowest BCUT2D eigenvalue weighted by Crippen LogP contribution is -2.40. The fraction of sp³-hybridized carbons (Fsp3) is 0.385. The molecule has 1 heterocycles. The second-order valence-electron chi connectivity index (χ2n) is 4.20. The molecule has 0 unspecified atom stereocenters. The van der Waals surface area contributed by atoms with E-state index in [9.17, 15) is 15.1 Å². The topological polar surface area (TPSA) is 82.7 Å². The first-order chi connectivity index (χ1) is 8.90. The van der Waals surface area contributed by atoms with Crippen LogP contribution in [0.15, 0.2) is 36.2 Å². The van der Waals surface area contributed by atoms with Crippen LogP contribution in [-0.2, 0) is 19.9 Å². The molecule has 0 aliphatic heterocycles. The third-order valence-electron chi connectivity index (χ3n) is 2.64. The highest BCUT2D eigenvalue weighted by Crippen LogP contribution is 2.25. The van der Waals surface area contributed by atoms with E-state index in [2.05, 4.69) is 4.74 Å². The molecule has 0 aliphatic rings. The number of carbonyl (C=O) groups excluding carboxylic acids is 1. The number of aromatic nitrogens is 1. The summed E-state index contributed by atoms with van der Waals surface area (Å²) < 4.78 is 10.1. The minimum absolute atomic E-state index is 0.0230. The van der Waals surface area contributed by atoms with E-state index in [0.717, 1.165) is 6.08 Å². The Morgan fingerprint density at radius 3 is 2.68 bits per heavy atom. The van der Waals surface area contributed by atoms with E-state index in [0.29, 0.717) is 4.73 Å². The van der Waals surface area contributed by atoms with Crippen molar-refractivity contribution in [2.75, 3.05) is 14.2 Å². The third kappa shape index (κ3) is 3.96. The van der Waals surface area contributed by atoms with Gasteiger partial charge < -0.3 is 19.8 Å². The van der Waals surface area contributed by atoms with Crippen LogP contribution in [0.25, 0.3) is 0 Å². The van der Waals surface area contributed by atoms with Gasteiger partial charge in [0, 0.05) is 18.6 Å². The first-order valence-electron chi connectivity index (χ1n) is 5.64. The van der Waals surface area contributed by atoms with Gasteiger partial charge in [-0.2, -0.15) is 4.73 Å². The van der Waals surface area contributed by atoms with Crippen LogP contribution < -0.4 is 4.73 Å². The van der Waals surface area contributed by atoms with E-state index >= 15 is 0 Å². The molecule has 1 N–H and O–H groups in total. The summed E-state index contributed by atoms with van der Waals surface area (Å²) in [6.07, 6.45) is 2.40. The average molecular weight is 267 g/mol. The summed E-state index contributed by atoms with van der Waals surface area (Å²) >= 11 is 0. The van der Waals surface area contributed by atoms with E-state index in [1.165, 1.54) is 33.4 Å². The van der Waals surface area contributed by atoms with Crippen LogP contribution in [0.1, 0.15) is 19.0 Å². The lowest BCUT2D eigenvalue weighted by atomic mass is 9.96. The minimum atomic E-state index is -1.46. The van der Waals surface area contributed by atoms with Crippen molar-refractivity contribution < 1.29 is 24.1 Å². The molecule has 104 valence electrons. The van der Waals surface area contributed by atoms with Crippen molar-refractivity contribution >= 4 is 5.97 Å². The SMILES string of the molecule is COC(=O)/C=C(/C[C@](C)(O)c1cccc[n+]1[O-])OC. The summed E-state index contributed by atoms with van der Waals surface area (Å²) in [6, 6.07) is 4.72. The number of nitrogens with zero attached hydrogens (tertiary/aromatic N) is 1. The van der Waals surface area contributed by atoms with Gasteiger partial charge in [-0.3, -0.25) is 0 Å². The number of hydrogen-bond acceptors (Lipinski definition) is 5. The largest absolute Gasteiger partial charge is 0.618 e. The fourth-order valence-corrected chi connectivity index (χ4v) is 1.65. The number of carbonyl (C=O) groups is 1. The summed E-state index contributed by atoms with van der Waals surface area (Å²) in [4.78, 5) is 11.1. The molecule has 6 nitrogen and oxygen atoms in total. The molecule has 0 saturated carbocycles. The van der Waals surface area contributed by atoms with Crippen LogP contribution in [0.4, 0.5) is 0 Å². The van der Waals surface area contributed by atoms with Crippen LogP contribution in [0.5, 0.6) is 0 Å². The van der Waals surface area contributed by atoms with Crippen LogP contribution in [0.2, 0.25) is 0 Å². The van der Waals surface area contributed by atoms with Crippen molar-refractivity contribution in [2.24, 2.45) is 0 Å². The first-order valence-corrected chi connectivity index (χ1v) is 5.64. The number of esters is 1. The van der Waals surface area contributed by atoms with Gasteiger partial charge in [-0.15, -0.1) is 0 Å². The molecule has 0 spiro atoms. The van der Waals surface area contributed by atoms with Crippen molar-refractivity contribution in [3.8, 4) is 0 Å². The predicted octanol–water partition coefficient (Wildman–Crippen LogP) is 0.621. The Hall–Kier alpha value is -2.08. The Morgan fingerprint density at radius 2 is 2.16 bits per heavy atom. The van der Waals surface area contributed by atoms with Crippen molar-refractivity contribution in [1.82, 2.24) is 0 Å². The third-order valence-corrected chi connectivity index (χ3v) is 2.64. The molecule has 0 fully saturated rings. The van der Waals surface area contributed by atoms with Crippen molar-refractivity contribution in [3.63, 3.8) is 0 Å². The van der Waals surface area contributed by atoms with Gasteiger partial charge in [0.05, 0.1) is 20.3 Å². The average Bonchev–Trinajstić information content (AvgIpc) is 2.37. The fourth-order valence-electron chi connectivity index (χ4n) is 1.65. The van der Waals surface area contributed by atoms with Gasteiger partial charge in [-0.25, -0.2) is 4.79 Å². The summed E-state index contributed by atoms with van der Waals surface area (Å²) in [7, 11) is 2.62. The number of aliphatic hydroxyl groups is 1. The molecule has 0 saturated heterocycles. The molecular weight excluding hydrogens is 250 g/mol. The van der Waals surface area contributed by atoms with Crippen LogP contribution in [-0.4, -0.2) is 25.3 Å². The molecule has 0 bridgehead atoms. The lowest BCUT2D eigenvalue weighted by molar-refractivity contribution is -0.622. The summed E-state index contributed by atoms with van der Waals surface area (Å²) in [5.41, 5.74) is -1.29. The Bertz CT molecular complexity index is 482. The maximum absolute atomic E-state index is 11.6. The molecule has 1 aromatic heterocycles. The summed E-state index contributed by atoms with van der Waals surface area (Å²) in [5.74, 6) is -0.364. The molecule has 6 heteroatoms. The zero-order chi connectivity index (χ0) is 14.5. The monoisotopic (exact) mass is 267 g/mol. The van der Waals surface area contributed by atoms with Crippen LogP contribution in [0.3, 0.4) is 0 Å². The molecule has 0 aliphatic carbocycles. The lowest BCUT2D eigenvalue weighted by Gasteiger charge is -2.22. The van der Waals surface area contributed by atoms with E-state index in [4.69, 9.17) is 4.74 Å². The number of methoxy groups -OCH3 is 2. The number of hydrogen-bond donors (Lipinski definition) is 1. The number of rotatable bonds is 5. The quantitative estimate of drug-likeness (QED) is 0.278. The highest BCUT2D eigenvalue weighted by atomic mass is 16.5. The molecule has 1 atom stereocenters. The molecular formula is C13H17NO5. The Balaban J connectivity index is 2.98. The first kappa shape index (κ1) is 15.0. The van der Waals surface area contributed by atoms with Crippen LogP contribution >= 0.6 is 0 Å². The van der Waals surface area contributed by atoms with E-state index < -0.39 is 11.6 Å². The normalized spacial score (nSPS) is 14.6. The molecule has 1 aromatic rings. The highest BCUT2D eigenvalue weighted by Gasteiger charge is 2.32. The highest BCUT2D eigenvalue weighted by molar-refractivity contribution is 5.82. The Morgan fingerprint density at radius 1 is 1.47 bits per heavy atom. The van der Waals surface area contributed by atoms with Crippen molar-refractivity contribution in [2.45, 2.75) is 18.9 Å². The van der Waals surface area contributed by atoms with Crippen molar-refractivity contribution in [3.05, 3.63) is 47.1 Å². The number of pyridine rings is 1. The molecule has 0 radical (unpaired) electrons. The Kier molecular flexibility index (Phi) is 4.88. The second-order valence-corrected chi connectivity index (χ2v) is 4.20. The van der Waals surface area contributed by atoms with Crippen molar-refractivity contribution in [1.29, 1.82) is 0 Å². The zero-order valence-corrected chi connectivity index (χ0v) is 11.1. The number of ether oxygens (including phenoxy) is 2. The van der Waals surface area contributed by atoms with Gasteiger partial charge in [0.1, 0.15) is 5.76 Å². The van der Waals surface area contributed by atoms with Gasteiger partial charge in [0.2, 0.25) is 5.69 Å². The smallest absolute Gasteiger partial charge is 0.333 e. The van der Waals surface area contributed by atoms with E-state index in [1.807, 2.05) is 0 Å². The second kappa shape index (κ2) is 6.19. The molecule has 19 heavy (non-hydrogen) atoms. The molecule has 0 amide bonds. The predicted molar refractivity (Wildman–Crippen MR) is 66.7 cm³/mol. The van der Waals surface area contributed by atoms with Gasteiger partial charge in [0.25, 0.3) is 0 Å². The zero-order valence-electron chi connectivity index (χ0n) is 11.1. The van der Waals surface area contributed by atoms with Gasteiger partial charge >= 0.3 is 5.97 Å². The Labute approximate surface area is 111 Å². The van der Waals surface area contributed by atoms with E-state index in [1.54, 1.807) is 12.1 Å². The maximum Gasteiger partial charge on any atom is 0.333 e. The summed E-state index contributed by atoms with van der Waals surface area (Å²) in [6.45, 7) is 1.47. The van der Waals surface area contributed by atoms with E-state index in [-0.39, 0.29) is 17.9 Å². The molecule has 1 rings (SSSR count). The summed E-state index contributed by atoms with van der Waals surface area (Å²) in [5, 5.41) is 22.0. The standard InChI is InChI=1S/C13H17NO5/c1-13(16,11-6-4-5-7-14(11)17)9-10(18-2)8-12(15)19-3/h4-8,16H,9H2,1-3H3/b10-8-/t13-/m0/s1. The minimum Gasteiger partial charge on any atom is -0.618 e.